The molecule has 0 fully saturated rings. The van der Waals surface area contributed by atoms with Crippen molar-refractivity contribution in [2.24, 2.45) is 7.05 Å². The van der Waals surface area contributed by atoms with Gasteiger partial charge in [-0.1, -0.05) is 53.2 Å². The van der Waals surface area contributed by atoms with Crippen molar-refractivity contribution < 1.29 is 9.53 Å². The minimum absolute atomic E-state index is 0.0703. The largest absolute Gasteiger partial charge is 0.482 e. The summed E-state index contributed by atoms with van der Waals surface area (Å²) in [4.78, 5) is 12.2. The molecule has 0 saturated carbocycles. The second-order valence-corrected chi connectivity index (χ2v) is 8.50. The third-order valence-electron chi connectivity index (χ3n) is 4.60. The number of nitrogens with zero attached hydrogens (tertiary/aromatic N) is 3. The molecule has 0 bridgehead atoms. The minimum Gasteiger partial charge on any atom is -0.482 e. The standard InChI is InChI=1S/C22H25ClN4O2S/c1-14-5-10-19(15(2)11-14)29-16(3)21-25-26-22(27(21)4)30-13-20(28)24-12-17-6-8-18(23)9-7-17/h5-11,16H,12-13H2,1-4H3,(H,24,28). The lowest BCUT2D eigenvalue weighted by Crippen LogP contribution is -2.24. The Bertz CT molecular complexity index is 1020. The van der Waals surface area contributed by atoms with Gasteiger partial charge in [-0.25, -0.2) is 0 Å². The SMILES string of the molecule is Cc1ccc(OC(C)c2nnc(SCC(=O)NCc3ccc(Cl)cc3)n2C)c(C)c1. The fourth-order valence-electron chi connectivity index (χ4n) is 2.96. The first-order chi connectivity index (χ1) is 14.3. The fourth-order valence-corrected chi connectivity index (χ4v) is 3.84. The third kappa shape index (κ3) is 5.77. The number of hydrogen-bond donors (Lipinski definition) is 1. The summed E-state index contributed by atoms with van der Waals surface area (Å²) in [5, 5.41) is 12.7. The van der Waals surface area contributed by atoms with Crippen LogP contribution in [0.1, 0.15) is 35.5 Å². The lowest BCUT2D eigenvalue weighted by molar-refractivity contribution is -0.118. The Morgan fingerprint density at radius 3 is 2.63 bits per heavy atom. The van der Waals surface area contributed by atoms with Gasteiger partial charge in [0.1, 0.15) is 5.75 Å². The van der Waals surface area contributed by atoms with Gasteiger partial charge in [0.15, 0.2) is 17.1 Å². The maximum Gasteiger partial charge on any atom is 0.230 e. The van der Waals surface area contributed by atoms with Gasteiger partial charge < -0.3 is 14.6 Å². The molecule has 3 rings (SSSR count). The fraction of sp³-hybridized carbons (Fsp3) is 0.318. The highest BCUT2D eigenvalue weighted by molar-refractivity contribution is 7.99. The van der Waals surface area contributed by atoms with E-state index in [1.165, 1.54) is 17.3 Å². The highest BCUT2D eigenvalue weighted by Crippen LogP contribution is 2.26. The summed E-state index contributed by atoms with van der Waals surface area (Å²) < 4.78 is 7.95. The molecular weight excluding hydrogens is 420 g/mol. The number of amides is 1. The van der Waals surface area contributed by atoms with E-state index in [1.54, 1.807) is 12.1 Å². The molecule has 3 aromatic rings. The Labute approximate surface area is 186 Å². The molecule has 2 aromatic carbocycles. The smallest absolute Gasteiger partial charge is 0.230 e. The van der Waals surface area contributed by atoms with Crippen LogP contribution in [-0.2, 0) is 18.4 Å². The number of carbonyl (C=O) groups excluding carboxylic acids is 1. The van der Waals surface area contributed by atoms with E-state index < -0.39 is 0 Å². The van der Waals surface area contributed by atoms with Gasteiger partial charge in [-0.15, -0.1) is 10.2 Å². The topological polar surface area (TPSA) is 69.0 Å². The molecule has 8 heteroatoms. The van der Waals surface area contributed by atoms with Gasteiger partial charge in [0.2, 0.25) is 5.91 Å². The lowest BCUT2D eigenvalue weighted by atomic mass is 10.1. The normalized spacial score (nSPS) is 11.9. The molecule has 1 heterocycles. The van der Waals surface area contributed by atoms with Crippen LogP contribution in [0, 0.1) is 13.8 Å². The van der Waals surface area contributed by atoms with Crippen molar-refractivity contribution in [3.8, 4) is 5.75 Å². The molecule has 1 N–H and O–H groups in total. The van der Waals surface area contributed by atoms with Gasteiger partial charge in [-0.3, -0.25) is 4.79 Å². The van der Waals surface area contributed by atoms with Crippen molar-refractivity contribution in [3.63, 3.8) is 0 Å². The number of thioether (sulfide) groups is 1. The first-order valence-electron chi connectivity index (χ1n) is 9.60. The summed E-state index contributed by atoms with van der Waals surface area (Å²) in [6.45, 7) is 6.48. The molecule has 1 amide bonds. The Morgan fingerprint density at radius 1 is 1.20 bits per heavy atom. The predicted molar refractivity (Wildman–Crippen MR) is 120 cm³/mol. The Balaban J connectivity index is 1.54. The minimum atomic E-state index is -0.267. The van der Waals surface area contributed by atoms with Gasteiger partial charge in [-0.05, 0) is 50.1 Å². The summed E-state index contributed by atoms with van der Waals surface area (Å²) in [6, 6.07) is 13.5. The molecular formula is C22H25ClN4O2S. The molecule has 0 spiro atoms. The monoisotopic (exact) mass is 444 g/mol. The van der Waals surface area contributed by atoms with Gasteiger partial charge in [-0.2, -0.15) is 0 Å². The van der Waals surface area contributed by atoms with Gasteiger partial charge in [0.25, 0.3) is 0 Å². The molecule has 0 aliphatic rings. The summed E-state index contributed by atoms with van der Waals surface area (Å²) in [5.41, 5.74) is 3.27. The zero-order valence-corrected chi connectivity index (χ0v) is 19.0. The van der Waals surface area contributed by atoms with E-state index >= 15 is 0 Å². The number of benzene rings is 2. The van der Waals surface area contributed by atoms with E-state index in [9.17, 15) is 4.79 Å². The quantitative estimate of drug-likeness (QED) is 0.513. The van der Waals surface area contributed by atoms with E-state index in [-0.39, 0.29) is 17.8 Å². The first kappa shape index (κ1) is 22.2. The molecule has 30 heavy (non-hydrogen) atoms. The second kappa shape index (κ2) is 10.00. The second-order valence-electron chi connectivity index (χ2n) is 7.12. The molecule has 6 nitrogen and oxygen atoms in total. The zero-order valence-electron chi connectivity index (χ0n) is 17.5. The average molecular weight is 445 g/mol. The number of ether oxygens (including phenoxy) is 1. The molecule has 1 unspecified atom stereocenters. The molecule has 1 atom stereocenters. The molecule has 0 aliphatic carbocycles. The van der Waals surface area contributed by atoms with Gasteiger partial charge in [0.05, 0.1) is 5.75 Å². The number of carbonyl (C=O) groups is 1. The van der Waals surface area contributed by atoms with Gasteiger partial charge >= 0.3 is 0 Å². The highest BCUT2D eigenvalue weighted by atomic mass is 35.5. The lowest BCUT2D eigenvalue weighted by Gasteiger charge is -2.16. The number of halogens is 1. The summed E-state index contributed by atoms with van der Waals surface area (Å²) in [5.74, 6) is 1.72. The Hall–Kier alpha value is -2.51. The van der Waals surface area contributed by atoms with Crippen LogP contribution in [0.2, 0.25) is 5.02 Å². The van der Waals surface area contributed by atoms with Crippen LogP contribution in [0.25, 0.3) is 0 Å². The Morgan fingerprint density at radius 2 is 1.93 bits per heavy atom. The van der Waals surface area contributed by atoms with Crippen LogP contribution < -0.4 is 10.1 Å². The van der Waals surface area contributed by atoms with Gasteiger partial charge in [0, 0.05) is 18.6 Å². The zero-order chi connectivity index (χ0) is 21.7. The van der Waals surface area contributed by atoms with Crippen molar-refractivity contribution in [1.82, 2.24) is 20.1 Å². The molecule has 1 aromatic heterocycles. The number of hydrogen-bond acceptors (Lipinski definition) is 5. The van der Waals surface area contributed by atoms with E-state index in [2.05, 4.69) is 28.5 Å². The predicted octanol–water partition coefficient (Wildman–Crippen LogP) is 4.63. The highest BCUT2D eigenvalue weighted by Gasteiger charge is 2.18. The first-order valence-corrected chi connectivity index (χ1v) is 11.0. The van der Waals surface area contributed by atoms with Crippen LogP contribution >= 0.6 is 23.4 Å². The van der Waals surface area contributed by atoms with Crippen LogP contribution in [-0.4, -0.2) is 26.4 Å². The van der Waals surface area contributed by atoms with Crippen LogP contribution in [0.3, 0.4) is 0 Å². The summed E-state index contributed by atoms with van der Waals surface area (Å²) in [7, 11) is 1.88. The molecule has 0 saturated heterocycles. The van der Waals surface area contributed by atoms with Crippen LogP contribution in [0.5, 0.6) is 5.75 Å². The van der Waals surface area contributed by atoms with E-state index in [4.69, 9.17) is 16.3 Å². The summed E-state index contributed by atoms with van der Waals surface area (Å²) >= 11 is 7.22. The van der Waals surface area contributed by atoms with Crippen LogP contribution in [0.4, 0.5) is 0 Å². The van der Waals surface area contributed by atoms with Crippen molar-refractivity contribution in [2.45, 2.75) is 38.6 Å². The number of nitrogens with one attached hydrogen (secondary N) is 1. The van der Waals surface area contributed by atoms with Crippen molar-refractivity contribution in [3.05, 3.63) is 70.0 Å². The summed E-state index contributed by atoms with van der Waals surface area (Å²) in [6.07, 6.45) is -0.267. The molecule has 0 aliphatic heterocycles. The maximum absolute atomic E-state index is 12.2. The maximum atomic E-state index is 12.2. The average Bonchev–Trinajstić information content (AvgIpc) is 3.08. The number of aromatic nitrogens is 3. The molecule has 158 valence electrons. The van der Waals surface area contributed by atoms with Crippen molar-refractivity contribution in [1.29, 1.82) is 0 Å². The van der Waals surface area contributed by atoms with E-state index in [1.807, 2.05) is 49.7 Å². The van der Waals surface area contributed by atoms with Crippen molar-refractivity contribution >= 4 is 29.3 Å². The molecule has 0 radical (unpaired) electrons. The third-order valence-corrected chi connectivity index (χ3v) is 5.87. The van der Waals surface area contributed by atoms with Crippen molar-refractivity contribution in [2.75, 3.05) is 5.75 Å². The van der Waals surface area contributed by atoms with Crippen LogP contribution in [0.15, 0.2) is 47.6 Å². The number of aryl methyl sites for hydroxylation is 2. The van der Waals surface area contributed by atoms with E-state index in [0.717, 1.165) is 16.9 Å². The number of rotatable bonds is 8. The van der Waals surface area contributed by atoms with E-state index in [0.29, 0.717) is 22.5 Å². The Kier molecular flexibility index (Phi) is 7.39.